The standard InChI is InChI=1S/C53H38N2/c1-53(2)48-28-15-14-25-44(48)47-27-16-26-46(51(47)53)43-29-30-45(42-24-13-12-23-41(42)43)50-34-49(54-52(55-50)37-21-10-5-11-22-37)40-32-38(35-17-6-3-7-18-35)31-39(33-40)36-19-8-4-9-20-36/h3-34H,1-2H3. The van der Waals surface area contributed by atoms with Crippen LogP contribution in [0.2, 0.25) is 0 Å². The van der Waals surface area contributed by atoms with Gasteiger partial charge in [0.1, 0.15) is 0 Å². The van der Waals surface area contributed by atoms with Crippen LogP contribution in [0.5, 0.6) is 0 Å². The van der Waals surface area contributed by atoms with Crippen molar-refractivity contribution in [1.29, 1.82) is 0 Å². The summed E-state index contributed by atoms with van der Waals surface area (Å²) in [5.74, 6) is 0.702. The van der Waals surface area contributed by atoms with Crippen LogP contribution in [0.1, 0.15) is 25.0 Å². The number of hydrogen-bond acceptors (Lipinski definition) is 2. The highest BCUT2D eigenvalue weighted by Crippen LogP contribution is 2.53. The van der Waals surface area contributed by atoms with Crippen LogP contribution >= 0.6 is 0 Å². The molecule has 10 rings (SSSR count). The molecule has 0 atom stereocenters. The molecule has 1 heterocycles. The quantitative estimate of drug-likeness (QED) is 0.172. The van der Waals surface area contributed by atoms with Crippen LogP contribution in [0.3, 0.4) is 0 Å². The lowest BCUT2D eigenvalue weighted by Crippen LogP contribution is -2.16. The minimum absolute atomic E-state index is 0.124. The van der Waals surface area contributed by atoms with Crippen LogP contribution in [0.25, 0.3) is 89.2 Å². The van der Waals surface area contributed by atoms with Crippen molar-refractivity contribution in [3.8, 4) is 78.4 Å². The summed E-state index contributed by atoms with van der Waals surface area (Å²) in [7, 11) is 0. The Labute approximate surface area is 322 Å². The number of fused-ring (bicyclic) bond motifs is 4. The van der Waals surface area contributed by atoms with E-state index in [0.717, 1.165) is 44.6 Å². The highest BCUT2D eigenvalue weighted by Gasteiger charge is 2.37. The zero-order chi connectivity index (χ0) is 36.9. The molecule has 0 saturated carbocycles. The zero-order valence-electron chi connectivity index (χ0n) is 30.9. The van der Waals surface area contributed by atoms with Crippen molar-refractivity contribution in [2.24, 2.45) is 0 Å². The molecule has 0 N–H and O–H groups in total. The van der Waals surface area contributed by atoms with E-state index in [-0.39, 0.29) is 5.41 Å². The van der Waals surface area contributed by atoms with Crippen LogP contribution in [-0.4, -0.2) is 9.97 Å². The second-order valence-corrected chi connectivity index (χ2v) is 15.0. The molecule has 0 aliphatic heterocycles. The van der Waals surface area contributed by atoms with E-state index in [9.17, 15) is 0 Å². The van der Waals surface area contributed by atoms with Gasteiger partial charge in [-0.2, -0.15) is 0 Å². The SMILES string of the molecule is CC1(C)c2ccccc2-c2cccc(-c3ccc(-c4cc(-c5cc(-c6ccccc6)cc(-c6ccccc6)c5)nc(-c5ccccc5)n4)c4ccccc34)c21. The second-order valence-electron chi connectivity index (χ2n) is 15.0. The summed E-state index contributed by atoms with van der Waals surface area (Å²) in [5.41, 5.74) is 17.3. The second kappa shape index (κ2) is 13.2. The average molecular weight is 703 g/mol. The maximum absolute atomic E-state index is 5.31. The van der Waals surface area contributed by atoms with Gasteiger partial charge in [0.2, 0.25) is 0 Å². The lowest BCUT2D eigenvalue weighted by atomic mass is 9.78. The van der Waals surface area contributed by atoms with E-state index >= 15 is 0 Å². The van der Waals surface area contributed by atoms with Crippen molar-refractivity contribution in [3.63, 3.8) is 0 Å². The van der Waals surface area contributed by atoms with Crippen molar-refractivity contribution in [2.75, 3.05) is 0 Å². The average Bonchev–Trinajstić information content (AvgIpc) is 3.50. The third kappa shape index (κ3) is 5.66. The molecule has 1 aliphatic carbocycles. The van der Waals surface area contributed by atoms with Crippen LogP contribution in [0, 0.1) is 0 Å². The number of rotatable bonds is 6. The summed E-state index contributed by atoms with van der Waals surface area (Å²) >= 11 is 0. The van der Waals surface area contributed by atoms with Crippen LogP contribution in [-0.2, 0) is 5.41 Å². The molecule has 2 nitrogen and oxygen atoms in total. The molecule has 0 amide bonds. The summed E-state index contributed by atoms with van der Waals surface area (Å²) in [5, 5.41) is 2.37. The molecule has 1 aromatic heterocycles. The molecule has 0 bridgehead atoms. The summed E-state index contributed by atoms with van der Waals surface area (Å²) < 4.78 is 0. The lowest BCUT2D eigenvalue weighted by molar-refractivity contribution is 0.662. The molecule has 8 aromatic carbocycles. The smallest absolute Gasteiger partial charge is 0.160 e. The van der Waals surface area contributed by atoms with Crippen molar-refractivity contribution < 1.29 is 0 Å². The first kappa shape index (κ1) is 32.7. The van der Waals surface area contributed by atoms with E-state index in [1.54, 1.807) is 0 Å². The summed E-state index contributed by atoms with van der Waals surface area (Å²) in [6, 6.07) is 69.5. The fourth-order valence-electron chi connectivity index (χ4n) is 8.65. The Hall–Kier alpha value is -6.90. The van der Waals surface area contributed by atoms with E-state index in [1.807, 2.05) is 6.07 Å². The lowest BCUT2D eigenvalue weighted by Gasteiger charge is -2.25. The first-order valence-electron chi connectivity index (χ1n) is 19.0. The largest absolute Gasteiger partial charge is 0.228 e. The molecule has 0 radical (unpaired) electrons. The molecule has 0 saturated heterocycles. The molecule has 9 aromatic rings. The van der Waals surface area contributed by atoms with E-state index < -0.39 is 0 Å². The van der Waals surface area contributed by atoms with Gasteiger partial charge in [-0.3, -0.25) is 0 Å². The Balaban J connectivity index is 1.18. The van der Waals surface area contributed by atoms with Crippen molar-refractivity contribution >= 4 is 10.8 Å². The summed E-state index contributed by atoms with van der Waals surface area (Å²) in [6.07, 6.45) is 0. The monoisotopic (exact) mass is 702 g/mol. The van der Waals surface area contributed by atoms with Crippen molar-refractivity contribution in [2.45, 2.75) is 19.3 Å². The Morgan fingerprint density at radius 2 is 0.800 bits per heavy atom. The van der Waals surface area contributed by atoms with Crippen LogP contribution in [0.4, 0.5) is 0 Å². The van der Waals surface area contributed by atoms with Crippen LogP contribution < -0.4 is 0 Å². The first-order valence-corrected chi connectivity index (χ1v) is 19.0. The number of hydrogen-bond donors (Lipinski definition) is 0. The fourth-order valence-corrected chi connectivity index (χ4v) is 8.65. The number of nitrogens with zero attached hydrogens (tertiary/aromatic N) is 2. The maximum atomic E-state index is 5.31. The molecular formula is C53H38N2. The molecule has 2 heteroatoms. The van der Waals surface area contributed by atoms with Gasteiger partial charge in [0.15, 0.2) is 5.82 Å². The van der Waals surface area contributed by atoms with Crippen molar-refractivity contribution in [3.05, 3.63) is 205 Å². The number of aromatic nitrogens is 2. The highest BCUT2D eigenvalue weighted by molar-refractivity contribution is 6.06. The Morgan fingerprint density at radius 1 is 0.327 bits per heavy atom. The predicted molar refractivity (Wildman–Crippen MR) is 230 cm³/mol. The molecule has 1 aliphatic rings. The van der Waals surface area contributed by atoms with Gasteiger partial charge < -0.3 is 0 Å². The van der Waals surface area contributed by atoms with Gasteiger partial charge in [0.25, 0.3) is 0 Å². The Morgan fingerprint density at radius 3 is 1.45 bits per heavy atom. The first-order chi connectivity index (χ1) is 27.0. The van der Waals surface area contributed by atoms with Gasteiger partial charge in [0, 0.05) is 22.1 Å². The topological polar surface area (TPSA) is 25.8 Å². The fraction of sp³-hybridized carbons (Fsp3) is 0.0566. The predicted octanol–water partition coefficient (Wildman–Crippen LogP) is 13.9. The van der Waals surface area contributed by atoms with Gasteiger partial charge in [-0.05, 0) is 90.7 Å². The van der Waals surface area contributed by atoms with Crippen molar-refractivity contribution in [1.82, 2.24) is 9.97 Å². The van der Waals surface area contributed by atoms with Gasteiger partial charge in [-0.25, -0.2) is 9.97 Å². The van der Waals surface area contributed by atoms with Gasteiger partial charge in [-0.15, -0.1) is 0 Å². The van der Waals surface area contributed by atoms with Gasteiger partial charge in [-0.1, -0.05) is 184 Å². The molecule has 55 heavy (non-hydrogen) atoms. The minimum Gasteiger partial charge on any atom is -0.228 e. The highest BCUT2D eigenvalue weighted by atomic mass is 14.9. The molecule has 0 unspecified atom stereocenters. The van der Waals surface area contributed by atoms with E-state index in [0.29, 0.717) is 5.82 Å². The normalized spacial score (nSPS) is 12.7. The Bertz CT molecular complexity index is 2820. The third-order valence-corrected chi connectivity index (χ3v) is 11.3. The maximum Gasteiger partial charge on any atom is 0.160 e. The number of benzene rings is 8. The minimum atomic E-state index is -0.124. The van der Waals surface area contributed by atoms with E-state index in [4.69, 9.17) is 9.97 Å². The van der Waals surface area contributed by atoms with Gasteiger partial charge in [0.05, 0.1) is 11.4 Å². The molecule has 260 valence electrons. The molecule has 0 fully saturated rings. The Kier molecular flexibility index (Phi) is 7.85. The summed E-state index contributed by atoms with van der Waals surface area (Å²) in [4.78, 5) is 10.6. The van der Waals surface area contributed by atoms with E-state index in [1.165, 1.54) is 49.9 Å². The molecule has 0 spiro atoms. The third-order valence-electron chi connectivity index (χ3n) is 11.3. The zero-order valence-corrected chi connectivity index (χ0v) is 30.9. The van der Waals surface area contributed by atoms with Crippen LogP contribution in [0.15, 0.2) is 194 Å². The summed E-state index contributed by atoms with van der Waals surface area (Å²) in [6.45, 7) is 4.72. The van der Waals surface area contributed by atoms with E-state index in [2.05, 4.69) is 202 Å². The molecular weight excluding hydrogens is 665 g/mol. The van der Waals surface area contributed by atoms with Gasteiger partial charge >= 0.3 is 0 Å².